The second-order valence-corrected chi connectivity index (χ2v) is 5.19. The molecule has 1 unspecified atom stereocenters. The monoisotopic (exact) mass is 236 g/mol. The Bertz CT molecular complexity index is 397. The predicted octanol–water partition coefficient (Wildman–Crippen LogP) is 1.49. The van der Waals surface area contributed by atoms with E-state index in [1.165, 1.54) is 0 Å². The Morgan fingerprint density at radius 2 is 2.12 bits per heavy atom. The Kier molecular flexibility index (Phi) is 4.26. The van der Waals surface area contributed by atoms with E-state index in [-0.39, 0.29) is 17.9 Å². The van der Waals surface area contributed by atoms with Crippen LogP contribution in [0.2, 0.25) is 0 Å². The Balaban J connectivity index is 2.74. The van der Waals surface area contributed by atoms with E-state index in [0.717, 1.165) is 5.56 Å². The molecule has 1 aromatic rings. The van der Waals surface area contributed by atoms with Crippen molar-refractivity contribution in [3.8, 4) is 0 Å². The number of hydrogen-bond acceptors (Lipinski definition) is 3. The maximum atomic E-state index is 11.9. The van der Waals surface area contributed by atoms with Crippen molar-refractivity contribution in [1.82, 2.24) is 0 Å². The van der Waals surface area contributed by atoms with E-state index in [9.17, 15) is 4.79 Å². The van der Waals surface area contributed by atoms with Crippen molar-refractivity contribution in [3.63, 3.8) is 0 Å². The first kappa shape index (κ1) is 13.7. The molecule has 0 aliphatic heterocycles. The van der Waals surface area contributed by atoms with E-state index >= 15 is 0 Å². The number of aliphatic hydroxyl groups is 1. The molecule has 0 bridgehead atoms. The van der Waals surface area contributed by atoms with Gasteiger partial charge in [-0.25, -0.2) is 0 Å². The Morgan fingerprint density at radius 1 is 1.47 bits per heavy atom. The van der Waals surface area contributed by atoms with Crippen molar-refractivity contribution in [2.75, 3.05) is 5.32 Å². The summed E-state index contributed by atoms with van der Waals surface area (Å²) in [5, 5.41) is 11.7. The normalized spacial score (nSPS) is 13.2. The maximum absolute atomic E-state index is 11.9. The smallest absolute Gasteiger partial charge is 0.241 e. The fraction of sp³-hybridized carbons (Fsp3) is 0.462. The summed E-state index contributed by atoms with van der Waals surface area (Å²) in [7, 11) is 0. The third kappa shape index (κ3) is 3.84. The fourth-order valence-electron chi connectivity index (χ4n) is 1.36. The highest BCUT2D eigenvalue weighted by molar-refractivity contribution is 5.95. The summed E-state index contributed by atoms with van der Waals surface area (Å²) in [5.74, 6) is -0.215. The largest absolute Gasteiger partial charge is 0.392 e. The third-order valence-corrected chi connectivity index (χ3v) is 2.59. The van der Waals surface area contributed by atoms with Gasteiger partial charge < -0.3 is 16.2 Å². The van der Waals surface area contributed by atoms with Gasteiger partial charge in [0.2, 0.25) is 5.91 Å². The highest BCUT2D eigenvalue weighted by Crippen LogP contribution is 2.19. The quantitative estimate of drug-likeness (QED) is 0.744. The molecule has 4 N–H and O–H groups in total. The number of hydrogen-bond donors (Lipinski definition) is 3. The summed E-state index contributed by atoms with van der Waals surface area (Å²) in [6.07, 6.45) is 0. The minimum Gasteiger partial charge on any atom is -0.392 e. The number of amides is 1. The number of benzene rings is 1. The molecule has 1 rings (SSSR count). The zero-order valence-corrected chi connectivity index (χ0v) is 10.5. The van der Waals surface area contributed by atoms with Gasteiger partial charge >= 0.3 is 0 Å². The van der Waals surface area contributed by atoms with Gasteiger partial charge in [-0.3, -0.25) is 4.79 Å². The van der Waals surface area contributed by atoms with Crippen molar-refractivity contribution >= 4 is 11.6 Å². The lowest BCUT2D eigenvalue weighted by atomic mass is 9.87. The van der Waals surface area contributed by atoms with Gasteiger partial charge in [-0.1, -0.05) is 32.9 Å². The molecule has 0 aliphatic carbocycles. The SMILES string of the molecule is CC(C)(C)C(N)C(=O)Nc1cccc(CO)c1. The molecule has 17 heavy (non-hydrogen) atoms. The summed E-state index contributed by atoms with van der Waals surface area (Å²) in [5.41, 5.74) is 6.98. The molecule has 0 aliphatic rings. The van der Waals surface area contributed by atoms with Gasteiger partial charge in [0.05, 0.1) is 12.6 Å². The molecular formula is C13H20N2O2. The second kappa shape index (κ2) is 5.29. The minimum absolute atomic E-state index is 0.0466. The van der Waals surface area contributed by atoms with Crippen LogP contribution < -0.4 is 11.1 Å². The molecule has 0 spiro atoms. The van der Waals surface area contributed by atoms with Crippen LogP contribution >= 0.6 is 0 Å². The highest BCUT2D eigenvalue weighted by Gasteiger charge is 2.27. The Morgan fingerprint density at radius 3 is 2.65 bits per heavy atom. The number of aliphatic hydroxyl groups excluding tert-OH is 1. The molecule has 1 amide bonds. The van der Waals surface area contributed by atoms with Gasteiger partial charge in [0, 0.05) is 5.69 Å². The number of carbonyl (C=O) groups excluding carboxylic acids is 1. The van der Waals surface area contributed by atoms with Crippen molar-refractivity contribution < 1.29 is 9.90 Å². The van der Waals surface area contributed by atoms with E-state index in [4.69, 9.17) is 10.8 Å². The molecule has 0 saturated heterocycles. The molecule has 0 aromatic heterocycles. The van der Waals surface area contributed by atoms with Gasteiger partial charge in [-0.2, -0.15) is 0 Å². The van der Waals surface area contributed by atoms with Crippen LogP contribution in [0.3, 0.4) is 0 Å². The van der Waals surface area contributed by atoms with Crippen molar-refractivity contribution in [1.29, 1.82) is 0 Å². The summed E-state index contributed by atoms with van der Waals surface area (Å²) in [6, 6.07) is 6.50. The summed E-state index contributed by atoms with van der Waals surface area (Å²) >= 11 is 0. The van der Waals surface area contributed by atoms with Crippen LogP contribution in [0.4, 0.5) is 5.69 Å². The zero-order chi connectivity index (χ0) is 13.1. The number of rotatable bonds is 3. The van der Waals surface area contributed by atoms with Gasteiger partial charge in [0.1, 0.15) is 0 Å². The van der Waals surface area contributed by atoms with Crippen LogP contribution in [0, 0.1) is 5.41 Å². The average Bonchev–Trinajstić information content (AvgIpc) is 2.27. The van der Waals surface area contributed by atoms with Gasteiger partial charge in [0.25, 0.3) is 0 Å². The van der Waals surface area contributed by atoms with Crippen molar-refractivity contribution in [2.45, 2.75) is 33.4 Å². The molecule has 0 radical (unpaired) electrons. The standard InChI is InChI=1S/C13H20N2O2/c1-13(2,3)11(14)12(17)15-10-6-4-5-9(7-10)8-16/h4-7,11,16H,8,14H2,1-3H3,(H,15,17). The lowest BCUT2D eigenvalue weighted by molar-refractivity contribution is -0.119. The Labute approximate surface area is 102 Å². The molecular weight excluding hydrogens is 216 g/mol. The van der Waals surface area contributed by atoms with Crippen molar-refractivity contribution in [3.05, 3.63) is 29.8 Å². The molecule has 4 nitrogen and oxygen atoms in total. The number of carbonyl (C=O) groups is 1. The molecule has 0 fully saturated rings. The van der Waals surface area contributed by atoms with Crippen LogP contribution in [0.15, 0.2) is 24.3 Å². The molecule has 1 atom stereocenters. The molecule has 1 aromatic carbocycles. The van der Waals surface area contributed by atoms with Crippen LogP contribution in [-0.2, 0) is 11.4 Å². The lowest BCUT2D eigenvalue weighted by Crippen LogP contribution is -2.45. The predicted molar refractivity (Wildman–Crippen MR) is 68.4 cm³/mol. The summed E-state index contributed by atoms with van der Waals surface area (Å²) in [6.45, 7) is 5.71. The van der Waals surface area contributed by atoms with Gasteiger partial charge in [-0.15, -0.1) is 0 Å². The van der Waals surface area contributed by atoms with Gasteiger partial charge in [0.15, 0.2) is 0 Å². The topological polar surface area (TPSA) is 75.4 Å². The first-order valence-electron chi connectivity index (χ1n) is 5.61. The van der Waals surface area contributed by atoms with Crippen molar-refractivity contribution in [2.24, 2.45) is 11.1 Å². The number of nitrogens with two attached hydrogens (primary N) is 1. The average molecular weight is 236 g/mol. The summed E-state index contributed by atoms with van der Waals surface area (Å²) in [4.78, 5) is 11.9. The first-order valence-corrected chi connectivity index (χ1v) is 5.61. The van der Waals surface area contributed by atoms with Crippen LogP contribution in [0.5, 0.6) is 0 Å². The zero-order valence-electron chi connectivity index (χ0n) is 10.5. The second-order valence-electron chi connectivity index (χ2n) is 5.19. The third-order valence-electron chi connectivity index (χ3n) is 2.59. The van der Waals surface area contributed by atoms with Crippen LogP contribution in [0.25, 0.3) is 0 Å². The minimum atomic E-state index is -0.569. The maximum Gasteiger partial charge on any atom is 0.241 e. The Hall–Kier alpha value is -1.39. The molecule has 0 heterocycles. The number of nitrogens with one attached hydrogen (secondary N) is 1. The van der Waals surface area contributed by atoms with E-state index in [0.29, 0.717) is 5.69 Å². The fourth-order valence-corrected chi connectivity index (χ4v) is 1.36. The van der Waals surface area contributed by atoms with E-state index in [1.807, 2.05) is 20.8 Å². The van der Waals surface area contributed by atoms with Crippen LogP contribution in [-0.4, -0.2) is 17.1 Å². The van der Waals surface area contributed by atoms with Crippen LogP contribution in [0.1, 0.15) is 26.3 Å². The molecule has 4 heteroatoms. The highest BCUT2D eigenvalue weighted by atomic mass is 16.3. The van der Waals surface area contributed by atoms with E-state index in [2.05, 4.69) is 5.32 Å². The molecule has 94 valence electrons. The van der Waals surface area contributed by atoms with E-state index < -0.39 is 6.04 Å². The lowest BCUT2D eigenvalue weighted by Gasteiger charge is -2.25. The number of anilines is 1. The molecule has 0 saturated carbocycles. The van der Waals surface area contributed by atoms with Gasteiger partial charge in [-0.05, 0) is 23.1 Å². The summed E-state index contributed by atoms with van der Waals surface area (Å²) < 4.78 is 0. The first-order chi connectivity index (χ1) is 7.84. The van der Waals surface area contributed by atoms with E-state index in [1.54, 1.807) is 24.3 Å².